The number of amides is 2. The second-order valence-electron chi connectivity index (χ2n) is 3.99. The van der Waals surface area contributed by atoms with Gasteiger partial charge in [-0.25, -0.2) is 4.79 Å². The van der Waals surface area contributed by atoms with Crippen molar-refractivity contribution < 1.29 is 4.79 Å². The Hall–Kier alpha value is -1.83. The Morgan fingerprint density at radius 3 is 2.83 bits per heavy atom. The Labute approximate surface area is 107 Å². The van der Waals surface area contributed by atoms with E-state index < -0.39 is 0 Å². The van der Waals surface area contributed by atoms with Gasteiger partial charge in [0.25, 0.3) is 0 Å². The van der Waals surface area contributed by atoms with E-state index in [2.05, 4.69) is 16.7 Å². The van der Waals surface area contributed by atoms with E-state index >= 15 is 0 Å². The van der Waals surface area contributed by atoms with Gasteiger partial charge in [0.2, 0.25) is 0 Å². The van der Waals surface area contributed by atoms with Crippen molar-refractivity contribution in [2.24, 2.45) is 0 Å². The van der Waals surface area contributed by atoms with Crippen molar-refractivity contribution in [1.82, 2.24) is 20.4 Å². The molecule has 7 nitrogen and oxygen atoms in total. The van der Waals surface area contributed by atoms with Gasteiger partial charge in [-0.2, -0.15) is 10.5 Å². The molecule has 0 spiro atoms. The number of carbonyl (C=O) groups is 1. The molecule has 1 rings (SSSR count). The number of carbonyl (C=O) groups excluding carboxylic acids is 1. The summed E-state index contributed by atoms with van der Waals surface area (Å²) in [7, 11) is 0. The first kappa shape index (κ1) is 14.2. The number of urea groups is 1. The first-order chi connectivity index (χ1) is 8.77. The van der Waals surface area contributed by atoms with E-state index in [0.29, 0.717) is 45.8 Å². The molecule has 7 heteroatoms. The number of nitriles is 2. The molecule has 1 aliphatic heterocycles. The van der Waals surface area contributed by atoms with E-state index in [1.54, 1.807) is 4.90 Å². The van der Waals surface area contributed by atoms with Crippen molar-refractivity contribution in [3.63, 3.8) is 0 Å². The molecule has 0 saturated carbocycles. The van der Waals surface area contributed by atoms with Crippen LogP contribution in [0.25, 0.3) is 0 Å². The maximum Gasteiger partial charge on any atom is 0.317 e. The molecule has 2 N–H and O–H groups in total. The summed E-state index contributed by atoms with van der Waals surface area (Å²) < 4.78 is 0. The number of nitrogens with zero attached hydrogens (tertiary/aromatic N) is 4. The summed E-state index contributed by atoms with van der Waals surface area (Å²) in [5.74, 6) is 0. The van der Waals surface area contributed by atoms with Crippen LogP contribution >= 0.6 is 0 Å². The molecular weight excluding hydrogens is 232 g/mol. The van der Waals surface area contributed by atoms with Gasteiger partial charge < -0.3 is 15.5 Å². The van der Waals surface area contributed by atoms with Gasteiger partial charge in [0.1, 0.15) is 0 Å². The molecule has 0 atom stereocenters. The molecule has 0 bridgehead atoms. The van der Waals surface area contributed by atoms with Gasteiger partial charge in [-0.05, 0) is 0 Å². The molecule has 0 unspecified atom stereocenters. The van der Waals surface area contributed by atoms with Crippen LogP contribution in [0.15, 0.2) is 0 Å². The molecule has 0 aromatic rings. The van der Waals surface area contributed by atoms with Crippen LogP contribution < -0.4 is 10.6 Å². The molecule has 0 aromatic carbocycles. The molecule has 0 aliphatic carbocycles. The maximum absolute atomic E-state index is 11.3. The second-order valence-corrected chi connectivity index (χ2v) is 3.99. The molecular formula is C11H18N6O. The highest BCUT2D eigenvalue weighted by Gasteiger charge is 2.19. The van der Waals surface area contributed by atoms with Gasteiger partial charge >= 0.3 is 6.03 Å². The molecule has 0 radical (unpaired) electrons. The summed E-state index contributed by atoms with van der Waals surface area (Å²) in [5.41, 5.74) is 0. The number of hydrogen-bond donors (Lipinski definition) is 2. The first-order valence-corrected chi connectivity index (χ1v) is 5.97. The lowest BCUT2D eigenvalue weighted by molar-refractivity contribution is 0.205. The van der Waals surface area contributed by atoms with Gasteiger partial charge in [-0.15, -0.1) is 0 Å². The summed E-state index contributed by atoms with van der Waals surface area (Å²) >= 11 is 0. The second kappa shape index (κ2) is 8.29. The van der Waals surface area contributed by atoms with Crippen LogP contribution in [0, 0.1) is 22.7 Å². The van der Waals surface area contributed by atoms with E-state index in [0.717, 1.165) is 6.54 Å². The highest BCUT2D eigenvalue weighted by atomic mass is 16.2. The van der Waals surface area contributed by atoms with Crippen LogP contribution in [0.2, 0.25) is 0 Å². The molecule has 18 heavy (non-hydrogen) atoms. The van der Waals surface area contributed by atoms with Crippen LogP contribution in [-0.2, 0) is 0 Å². The lowest BCUT2D eigenvalue weighted by Crippen LogP contribution is -2.39. The van der Waals surface area contributed by atoms with Crippen LogP contribution in [0.4, 0.5) is 4.79 Å². The predicted molar refractivity (Wildman–Crippen MR) is 65.5 cm³/mol. The third kappa shape index (κ3) is 5.00. The summed E-state index contributed by atoms with van der Waals surface area (Å²) in [6, 6.07) is 4.08. The van der Waals surface area contributed by atoms with Crippen molar-refractivity contribution >= 4 is 6.03 Å². The van der Waals surface area contributed by atoms with Gasteiger partial charge in [-0.3, -0.25) is 4.90 Å². The van der Waals surface area contributed by atoms with Crippen molar-refractivity contribution in [3.8, 4) is 12.1 Å². The fourth-order valence-corrected chi connectivity index (χ4v) is 1.74. The summed E-state index contributed by atoms with van der Waals surface area (Å²) in [6.07, 6.45) is 0. The molecule has 1 heterocycles. The first-order valence-electron chi connectivity index (χ1n) is 5.97. The topological polar surface area (TPSA) is 95.2 Å². The smallest absolute Gasteiger partial charge is 0.317 e. The van der Waals surface area contributed by atoms with Crippen LogP contribution in [0.1, 0.15) is 0 Å². The van der Waals surface area contributed by atoms with Crippen LogP contribution in [-0.4, -0.2) is 68.2 Å². The van der Waals surface area contributed by atoms with Crippen molar-refractivity contribution in [2.45, 2.75) is 0 Å². The number of hydrogen-bond acceptors (Lipinski definition) is 5. The zero-order chi connectivity index (χ0) is 13.2. The third-order valence-corrected chi connectivity index (χ3v) is 2.73. The minimum absolute atomic E-state index is 0.0329. The maximum atomic E-state index is 11.3. The van der Waals surface area contributed by atoms with E-state index in [9.17, 15) is 4.79 Å². The van der Waals surface area contributed by atoms with Gasteiger partial charge in [0.05, 0.1) is 25.2 Å². The Bertz CT molecular complexity index is 344. The fraction of sp³-hybridized carbons (Fsp3) is 0.727. The van der Waals surface area contributed by atoms with Crippen LogP contribution in [0.5, 0.6) is 0 Å². The summed E-state index contributed by atoms with van der Waals surface area (Å²) in [4.78, 5) is 15.0. The lowest BCUT2D eigenvalue weighted by Gasteiger charge is -2.22. The molecule has 1 aliphatic rings. The van der Waals surface area contributed by atoms with E-state index in [1.807, 2.05) is 11.0 Å². The zero-order valence-corrected chi connectivity index (χ0v) is 10.4. The van der Waals surface area contributed by atoms with Gasteiger partial charge in [-0.1, -0.05) is 0 Å². The Balaban J connectivity index is 2.22. The van der Waals surface area contributed by atoms with Gasteiger partial charge in [0.15, 0.2) is 0 Å². The monoisotopic (exact) mass is 250 g/mol. The summed E-state index contributed by atoms with van der Waals surface area (Å²) in [6.45, 7) is 4.75. The quantitative estimate of drug-likeness (QED) is 0.423. The molecule has 1 saturated heterocycles. The molecule has 0 aromatic heterocycles. The molecule has 98 valence electrons. The average molecular weight is 250 g/mol. The Kier molecular flexibility index (Phi) is 6.55. The van der Waals surface area contributed by atoms with Crippen molar-refractivity contribution in [1.29, 1.82) is 10.5 Å². The minimum atomic E-state index is -0.0329. The SMILES string of the molecule is N#CCNCCN(CC#N)CCN1CCNC1=O. The van der Waals surface area contributed by atoms with Gasteiger partial charge in [0, 0.05) is 39.3 Å². The highest BCUT2D eigenvalue weighted by Crippen LogP contribution is 1.97. The number of nitrogens with one attached hydrogen (secondary N) is 2. The van der Waals surface area contributed by atoms with E-state index in [1.165, 1.54) is 0 Å². The fourth-order valence-electron chi connectivity index (χ4n) is 1.74. The average Bonchev–Trinajstić information content (AvgIpc) is 2.77. The van der Waals surface area contributed by atoms with E-state index in [4.69, 9.17) is 10.5 Å². The van der Waals surface area contributed by atoms with E-state index in [-0.39, 0.29) is 6.03 Å². The minimum Gasteiger partial charge on any atom is -0.336 e. The predicted octanol–water partition coefficient (Wildman–Crippen LogP) is -1.05. The Morgan fingerprint density at radius 2 is 2.22 bits per heavy atom. The molecule has 2 amide bonds. The number of rotatable bonds is 8. The third-order valence-electron chi connectivity index (χ3n) is 2.73. The largest absolute Gasteiger partial charge is 0.336 e. The highest BCUT2D eigenvalue weighted by molar-refractivity contribution is 5.76. The van der Waals surface area contributed by atoms with Crippen molar-refractivity contribution in [3.05, 3.63) is 0 Å². The standard InChI is InChI=1S/C11H18N6O/c12-1-3-14-4-7-16(6-2-13)9-10-17-8-5-15-11(17)18/h14H,3-10H2,(H,15,18). The molecule has 1 fully saturated rings. The lowest BCUT2D eigenvalue weighted by atomic mass is 10.4. The van der Waals surface area contributed by atoms with Crippen molar-refractivity contribution in [2.75, 3.05) is 52.4 Å². The normalized spacial score (nSPS) is 14.4. The summed E-state index contributed by atoms with van der Waals surface area (Å²) in [5, 5.41) is 22.8. The Morgan fingerprint density at radius 1 is 1.39 bits per heavy atom. The van der Waals surface area contributed by atoms with Crippen LogP contribution in [0.3, 0.4) is 0 Å². The zero-order valence-electron chi connectivity index (χ0n) is 10.4.